The van der Waals surface area contributed by atoms with Crippen LogP contribution in [0.1, 0.15) is 5.56 Å². The lowest BCUT2D eigenvalue weighted by Gasteiger charge is -2.11. The topological polar surface area (TPSA) is 47.0 Å². The molecular formula is C12H9BrF3N3O. The van der Waals surface area contributed by atoms with Crippen molar-refractivity contribution in [2.24, 2.45) is 0 Å². The van der Waals surface area contributed by atoms with Crippen LogP contribution in [0.15, 0.2) is 35.1 Å². The zero-order chi connectivity index (χ0) is 14.8. The summed E-state index contributed by atoms with van der Waals surface area (Å²) in [6.45, 7) is 0. The Bertz CT molecular complexity index is 619. The van der Waals surface area contributed by atoms with Gasteiger partial charge in [-0.2, -0.15) is 18.2 Å². The summed E-state index contributed by atoms with van der Waals surface area (Å²) in [4.78, 5) is 7.77. The summed E-state index contributed by atoms with van der Waals surface area (Å²) in [7, 11) is 1.48. The molecule has 0 saturated heterocycles. The van der Waals surface area contributed by atoms with Gasteiger partial charge in [0.25, 0.3) is 0 Å². The zero-order valence-electron chi connectivity index (χ0n) is 10.2. The summed E-state index contributed by atoms with van der Waals surface area (Å²) in [5.41, 5.74) is -0.838. The van der Waals surface area contributed by atoms with Gasteiger partial charge in [0.1, 0.15) is 11.6 Å². The van der Waals surface area contributed by atoms with Gasteiger partial charge in [-0.25, -0.2) is 0 Å². The van der Waals surface area contributed by atoms with Crippen molar-refractivity contribution in [3.05, 3.63) is 40.6 Å². The molecular weight excluding hydrogens is 339 g/mol. The molecule has 0 bridgehead atoms. The second-order valence-electron chi connectivity index (χ2n) is 3.77. The van der Waals surface area contributed by atoms with E-state index in [9.17, 15) is 13.2 Å². The Labute approximate surface area is 121 Å². The highest BCUT2D eigenvalue weighted by molar-refractivity contribution is 9.10. The Morgan fingerprint density at radius 3 is 2.55 bits per heavy atom. The van der Waals surface area contributed by atoms with Gasteiger partial charge in [0.2, 0.25) is 5.88 Å². The number of alkyl halides is 3. The summed E-state index contributed by atoms with van der Waals surface area (Å²) >= 11 is 3.19. The van der Waals surface area contributed by atoms with Crippen molar-refractivity contribution < 1.29 is 17.9 Å². The molecule has 4 nitrogen and oxygen atoms in total. The molecule has 2 rings (SSSR count). The van der Waals surface area contributed by atoms with Crippen molar-refractivity contribution >= 4 is 21.7 Å². The number of hydrogen-bond donors (Lipinski definition) is 1. The number of anilines is 1. The molecule has 1 N–H and O–H groups in total. The maximum absolute atomic E-state index is 12.8. The van der Waals surface area contributed by atoms with Crippen LogP contribution in [0.4, 0.5) is 19.0 Å². The first kappa shape index (κ1) is 14.6. The van der Waals surface area contributed by atoms with Gasteiger partial charge >= 0.3 is 6.18 Å². The molecule has 0 amide bonds. The van der Waals surface area contributed by atoms with E-state index in [1.807, 2.05) is 0 Å². The Balaban J connectivity index is 2.36. The van der Waals surface area contributed by atoms with Crippen LogP contribution in [0.2, 0.25) is 0 Å². The van der Waals surface area contributed by atoms with Gasteiger partial charge in [-0.05, 0) is 28.1 Å². The minimum atomic E-state index is -4.47. The van der Waals surface area contributed by atoms with E-state index in [-0.39, 0.29) is 17.4 Å². The van der Waals surface area contributed by atoms with Crippen LogP contribution in [0.5, 0.6) is 11.6 Å². The van der Waals surface area contributed by atoms with E-state index in [1.165, 1.54) is 19.4 Å². The molecule has 0 atom stereocenters. The maximum Gasteiger partial charge on any atom is 0.416 e. The third-order valence-electron chi connectivity index (χ3n) is 2.29. The molecule has 0 aliphatic rings. The summed E-state index contributed by atoms with van der Waals surface area (Å²) < 4.78 is 44.2. The highest BCUT2D eigenvalue weighted by Gasteiger charge is 2.32. The van der Waals surface area contributed by atoms with Gasteiger partial charge in [-0.1, -0.05) is 0 Å². The van der Waals surface area contributed by atoms with Crippen molar-refractivity contribution in [2.75, 3.05) is 12.4 Å². The summed E-state index contributed by atoms with van der Waals surface area (Å²) in [6, 6.07) is 3.32. The molecule has 0 unspecified atom stereocenters. The molecule has 2 heterocycles. The molecule has 0 spiro atoms. The van der Waals surface area contributed by atoms with E-state index in [0.29, 0.717) is 4.47 Å². The average molecular weight is 348 g/mol. The van der Waals surface area contributed by atoms with Crippen LogP contribution < -0.4 is 10.1 Å². The molecule has 20 heavy (non-hydrogen) atoms. The average Bonchev–Trinajstić information content (AvgIpc) is 2.37. The molecule has 0 radical (unpaired) electrons. The number of halogens is 4. The fraction of sp³-hybridized carbons (Fsp3) is 0.167. The minimum absolute atomic E-state index is 0.0674. The molecule has 0 fully saturated rings. The van der Waals surface area contributed by atoms with E-state index in [4.69, 9.17) is 4.74 Å². The summed E-state index contributed by atoms with van der Waals surface area (Å²) in [6.07, 6.45) is -1.56. The Morgan fingerprint density at radius 1 is 1.20 bits per heavy atom. The predicted octanol–water partition coefficient (Wildman–Crippen LogP) is 4.09. The third-order valence-corrected chi connectivity index (χ3v) is 2.72. The van der Waals surface area contributed by atoms with E-state index >= 15 is 0 Å². The molecule has 0 aliphatic carbocycles. The van der Waals surface area contributed by atoms with Gasteiger partial charge in [0, 0.05) is 23.8 Å². The fourth-order valence-corrected chi connectivity index (χ4v) is 1.76. The van der Waals surface area contributed by atoms with Crippen molar-refractivity contribution in [2.45, 2.75) is 6.18 Å². The van der Waals surface area contributed by atoms with Crippen molar-refractivity contribution in [3.63, 3.8) is 0 Å². The number of nitrogens with one attached hydrogen (secondary N) is 1. The van der Waals surface area contributed by atoms with Crippen LogP contribution in [0, 0.1) is 0 Å². The lowest BCUT2D eigenvalue weighted by Crippen LogP contribution is -2.07. The zero-order valence-corrected chi connectivity index (χ0v) is 11.8. The molecule has 0 saturated carbocycles. The maximum atomic E-state index is 12.8. The van der Waals surface area contributed by atoms with E-state index < -0.39 is 11.7 Å². The highest BCUT2D eigenvalue weighted by atomic mass is 79.9. The molecule has 0 aromatic carbocycles. The second kappa shape index (κ2) is 5.66. The second-order valence-corrected chi connectivity index (χ2v) is 4.68. The summed E-state index contributed by atoms with van der Waals surface area (Å²) in [5.74, 6) is 0.190. The van der Waals surface area contributed by atoms with Gasteiger partial charge in [0.15, 0.2) is 0 Å². The lowest BCUT2D eigenvalue weighted by molar-refractivity contribution is -0.137. The van der Waals surface area contributed by atoms with Crippen molar-refractivity contribution in [1.29, 1.82) is 0 Å². The monoisotopic (exact) mass is 347 g/mol. The Morgan fingerprint density at radius 2 is 1.95 bits per heavy atom. The third kappa shape index (κ3) is 3.60. The van der Waals surface area contributed by atoms with Crippen LogP contribution in [-0.4, -0.2) is 17.0 Å². The molecule has 8 heteroatoms. The quantitative estimate of drug-likeness (QED) is 0.908. The van der Waals surface area contributed by atoms with Crippen molar-refractivity contribution in [3.8, 4) is 11.6 Å². The Kier molecular flexibility index (Phi) is 4.12. The molecule has 2 aromatic rings. The Hall–Kier alpha value is -1.83. The largest absolute Gasteiger partial charge is 0.437 e. The van der Waals surface area contributed by atoms with E-state index in [0.717, 1.165) is 12.1 Å². The summed E-state index contributed by atoms with van der Waals surface area (Å²) in [5, 5.41) is 2.56. The van der Waals surface area contributed by atoms with Gasteiger partial charge in [-0.3, -0.25) is 4.98 Å². The number of aromatic nitrogens is 2. The normalized spacial score (nSPS) is 11.2. The van der Waals surface area contributed by atoms with E-state index in [2.05, 4.69) is 31.2 Å². The van der Waals surface area contributed by atoms with Crippen LogP contribution in [0.25, 0.3) is 0 Å². The van der Waals surface area contributed by atoms with Crippen molar-refractivity contribution in [1.82, 2.24) is 9.97 Å². The minimum Gasteiger partial charge on any atom is -0.437 e. The first-order valence-corrected chi connectivity index (χ1v) is 6.23. The number of nitrogens with zero attached hydrogens (tertiary/aromatic N) is 2. The fourth-order valence-electron chi connectivity index (χ4n) is 1.42. The smallest absolute Gasteiger partial charge is 0.416 e. The number of pyridine rings is 2. The van der Waals surface area contributed by atoms with E-state index in [1.54, 1.807) is 6.07 Å². The highest BCUT2D eigenvalue weighted by Crippen LogP contribution is 2.33. The SMILES string of the molecule is CNc1cc(C(F)(F)F)cc(Oc2cncc(Br)c2)n1. The molecule has 2 aromatic heterocycles. The number of ether oxygens (including phenoxy) is 1. The van der Waals surface area contributed by atoms with Crippen LogP contribution >= 0.6 is 15.9 Å². The predicted molar refractivity (Wildman–Crippen MR) is 70.8 cm³/mol. The first-order valence-electron chi connectivity index (χ1n) is 5.44. The lowest BCUT2D eigenvalue weighted by atomic mass is 10.2. The van der Waals surface area contributed by atoms with Gasteiger partial charge in [-0.15, -0.1) is 0 Å². The first-order chi connectivity index (χ1) is 9.38. The van der Waals surface area contributed by atoms with Gasteiger partial charge in [0.05, 0.1) is 11.8 Å². The van der Waals surface area contributed by atoms with Crippen LogP contribution in [0.3, 0.4) is 0 Å². The number of hydrogen-bond acceptors (Lipinski definition) is 4. The van der Waals surface area contributed by atoms with Gasteiger partial charge < -0.3 is 10.1 Å². The molecule has 106 valence electrons. The molecule has 0 aliphatic heterocycles. The number of rotatable bonds is 3. The standard InChI is InChI=1S/C12H9BrF3N3O/c1-17-10-2-7(12(14,15)16)3-11(19-10)20-9-4-8(13)5-18-6-9/h2-6H,1H3,(H,17,19). The van der Waals surface area contributed by atoms with Crippen LogP contribution in [-0.2, 0) is 6.18 Å².